The molecule has 1 aliphatic heterocycles. The van der Waals surface area contributed by atoms with Gasteiger partial charge in [0.25, 0.3) is 5.91 Å². The summed E-state index contributed by atoms with van der Waals surface area (Å²) in [5, 5.41) is 0.0514. The molecule has 212 valence electrons. The van der Waals surface area contributed by atoms with E-state index in [2.05, 4.69) is 49.9 Å². The zero-order valence-electron chi connectivity index (χ0n) is 24.3. The number of methoxy groups -OCH3 is 1. The topological polar surface area (TPSA) is 99.8 Å². The normalized spacial score (nSPS) is 15.9. The van der Waals surface area contributed by atoms with Crippen LogP contribution in [-0.2, 0) is 11.0 Å². The van der Waals surface area contributed by atoms with Gasteiger partial charge >= 0.3 is 0 Å². The fourth-order valence-corrected chi connectivity index (χ4v) is 5.39. The minimum atomic E-state index is -2.05. The fraction of sp³-hybridized carbons (Fsp3) is 0.387. The molecule has 1 aliphatic rings. The maximum Gasteiger partial charge on any atom is 0.256 e. The van der Waals surface area contributed by atoms with Gasteiger partial charge in [-0.3, -0.25) is 4.79 Å². The van der Waals surface area contributed by atoms with Gasteiger partial charge in [-0.15, -0.1) is 0 Å². The molecule has 3 aromatic rings. The predicted molar refractivity (Wildman–Crippen MR) is 161 cm³/mol. The predicted octanol–water partition coefficient (Wildman–Crippen LogP) is 5.97. The number of carbonyl (C=O) groups is 1. The molecule has 2 heterocycles. The molecule has 2 N–H and O–H groups in total. The van der Waals surface area contributed by atoms with E-state index in [0.29, 0.717) is 48.9 Å². The molecule has 1 atom stereocenters. The number of nitrogens with zero attached hydrogens (tertiary/aromatic N) is 3. The van der Waals surface area contributed by atoms with E-state index in [1.165, 1.54) is 6.33 Å². The molecule has 0 fully saturated rings. The maximum absolute atomic E-state index is 14.0. The molecule has 9 heteroatoms. The molecule has 1 aromatic heterocycles. The van der Waals surface area contributed by atoms with Gasteiger partial charge in [0.15, 0.2) is 19.8 Å². The summed E-state index contributed by atoms with van der Waals surface area (Å²) in [5.41, 5.74) is 10.2. The molecule has 8 nitrogen and oxygen atoms in total. The molecular formula is C31H40N4O4Si. The lowest BCUT2D eigenvalue weighted by Gasteiger charge is -2.41. The first-order valence-corrected chi connectivity index (χ1v) is 16.4. The molecular weight excluding hydrogens is 520 g/mol. The van der Waals surface area contributed by atoms with Crippen LogP contribution in [0.25, 0.3) is 5.57 Å². The van der Waals surface area contributed by atoms with Crippen LogP contribution in [0.1, 0.15) is 48.7 Å². The van der Waals surface area contributed by atoms with E-state index in [1.807, 2.05) is 35.2 Å². The highest BCUT2D eigenvalue weighted by Gasteiger charge is 2.39. The van der Waals surface area contributed by atoms with Crippen molar-refractivity contribution in [1.29, 1.82) is 0 Å². The summed E-state index contributed by atoms with van der Waals surface area (Å²) < 4.78 is 18.2. The standard InChI is InChI=1S/C31H40N4O4Si/c1-31(2,3)40(5,6)39-20-25-14-23(24-17-33-21-34-18-24)12-13-35(25)30(36)26-15-28(37-4)29(16-27(26)32)38-19-22-10-8-7-9-11-22/h7-12,15-18,21,25H,13-14,19-20,32H2,1-6H3. The second-order valence-electron chi connectivity index (χ2n) is 11.6. The van der Waals surface area contributed by atoms with Crippen LogP contribution in [-0.4, -0.2) is 55.4 Å². The third kappa shape index (κ3) is 6.71. The van der Waals surface area contributed by atoms with E-state index in [4.69, 9.17) is 19.6 Å². The number of benzene rings is 2. The zero-order chi connectivity index (χ0) is 28.9. The number of hydrogen-bond donors (Lipinski definition) is 1. The van der Waals surface area contributed by atoms with E-state index in [0.717, 1.165) is 16.7 Å². The van der Waals surface area contributed by atoms with Crippen LogP contribution in [0.5, 0.6) is 11.5 Å². The number of nitrogens with two attached hydrogens (primary N) is 1. The highest BCUT2D eigenvalue weighted by Crippen LogP contribution is 2.38. The van der Waals surface area contributed by atoms with E-state index in [9.17, 15) is 4.79 Å². The van der Waals surface area contributed by atoms with Gasteiger partial charge in [-0.2, -0.15) is 0 Å². The van der Waals surface area contributed by atoms with Crippen molar-refractivity contribution in [1.82, 2.24) is 14.9 Å². The van der Waals surface area contributed by atoms with Gasteiger partial charge in [0.1, 0.15) is 12.9 Å². The summed E-state index contributed by atoms with van der Waals surface area (Å²) >= 11 is 0. The summed E-state index contributed by atoms with van der Waals surface area (Å²) in [6, 6.07) is 13.0. The van der Waals surface area contributed by atoms with Crippen molar-refractivity contribution < 1.29 is 18.7 Å². The van der Waals surface area contributed by atoms with E-state index >= 15 is 0 Å². The third-order valence-electron chi connectivity index (χ3n) is 7.87. The van der Waals surface area contributed by atoms with Crippen molar-refractivity contribution >= 4 is 25.5 Å². The highest BCUT2D eigenvalue weighted by atomic mass is 28.4. The Bertz CT molecular complexity index is 1340. The first kappa shape index (κ1) is 29.3. The summed E-state index contributed by atoms with van der Waals surface area (Å²) in [7, 11) is -0.489. The van der Waals surface area contributed by atoms with Crippen molar-refractivity contribution in [3.05, 3.63) is 84.0 Å². The van der Waals surface area contributed by atoms with Crippen LogP contribution >= 0.6 is 0 Å². The average Bonchev–Trinajstić information content (AvgIpc) is 2.95. The van der Waals surface area contributed by atoms with Crippen molar-refractivity contribution in [3.63, 3.8) is 0 Å². The number of nitrogen functional groups attached to an aromatic ring is 1. The molecule has 0 spiro atoms. The van der Waals surface area contributed by atoms with Gasteiger partial charge in [0.2, 0.25) is 0 Å². The summed E-state index contributed by atoms with van der Waals surface area (Å²) in [4.78, 5) is 24.2. The minimum absolute atomic E-state index is 0.0514. The summed E-state index contributed by atoms with van der Waals surface area (Å²) in [6.07, 6.45) is 7.82. The molecule has 0 saturated heterocycles. The minimum Gasteiger partial charge on any atom is -0.493 e. The number of carbonyl (C=O) groups excluding carboxylic acids is 1. The van der Waals surface area contributed by atoms with E-state index in [-0.39, 0.29) is 17.0 Å². The molecule has 0 bridgehead atoms. The Hall–Kier alpha value is -3.69. The zero-order valence-corrected chi connectivity index (χ0v) is 25.3. The van der Waals surface area contributed by atoms with Crippen LogP contribution in [0.3, 0.4) is 0 Å². The Kier molecular flexibility index (Phi) is 8.95. The molecule has 0 saturated carbocycles. The highest BCUT2D eigenvalue weighted by molar-refractivity contribution is 6.74. The van der Waals surface area contributed by atoms with Gasteiger partial charge in [-0.05, 0) is 41.8 Å². The number of hydrogen-bond acceptors (Lipinski definition) is 7. The lowest BCUT2D eigenvalue weighted by molar-refractivity contribution is 0.0627. The van der Waals surface area contributed by atoms with Gasteiger partial charge in [-0.25, -0.2) is 9.97 Å². The van der Waals surface area contributed by atoms with Crippen LogP contribution in [0.4, 0.5) is 5.69 Å². The second-order valence-corrected chi connectivity index (χ2v) is 16.4. The third-order valence-corrected chi connectivity index (χ3v) is 12.4. The van der Waals surface area contributed by atoms with E-state index < -0.39 is 8.32 Å². The van der Waals surface area contributed by atoms with E-state index in [1.54, 1.807) is 31.6 Å². The molecule has 1 amide bonds. The van der Waals surface area contributed by atoms with Crippen molar-refractivity contribution in [2.45, 2.75) is 58.0 Å². The quantitative estimate of drug-likeness (QED) is 0.254. The molecule has 40 heavy (non-hydrogen) atoms. The van der Waals surface area contributed by atoms with Gasteiger partial charge in [-0.1, -0.05) is 57.2 Å². The van der Waals surface area contributed by atoms with Gasteiger partial charge < -0.3 is 24.5 Å². The number of amides is 1. The molecule has 0 aliphatic carbocycles. The molecule has 4 rings (SSSR count). The number of rotatable bonds is 9. The molecule has 0 radical (unpaired) electrons. The number of ether oxygens (including phenoxy) is 2. The number of anilines is 1. The van der Waals surface area contributed by atoms with Crippen LogP contribution in [0.2, 0.25) is 18.1 Å². The monoisotopic (exact) mass is 560 g/mol. The van der Waals surface area contributed by atoms with Crippen molar-refractivity contribution in [3.8, 4) is 11.5 Å². The maximum atomic E-state index is 14.0. The lowest BCUT2D eigenvalue weighted by Crippen LogP contribution is -2.49. The van der Waals surface area contributed by atoms with Crippen LogP contribution < -0.4 is 15.2 Å². The lowest BCUT2D eigenvalue weighted by atomic mass is 9.95. The first-order chi connectivity index (χ1) is 19.0. The average molecular weight is 561 g/mol. The van der Waals surface area contributed by atoms with Crippen LogP contribution in [0.15, 0.2) is 67.3 Å². The Morgan fingerprint density at radius 2 is 1.80 bits per heavy atom. The largest absolute Gasteiger partial charge is 0.493 e. The molecule has 1 unspecified atom stereocenters. The van der Waals surface area contributed by atoms with Crippen molar-refractivity contribution in [2.24, 2.45) is 0 Å². The van der Waals surface area contributed by atoms with Gasteiger partial charge in [0, 0.05) is 36.3 Å². The fourth-order valence-electron chi connectivity index (χ4n) is 4.35. The van der Waals surface area contributed by atoms with Crippen LogP contribution in [0, 0.1) is 0 Å². The Morgan fingerprint density at radius 1 is 1.10 bits per heavy atom. The SMILES string of the molecule is COc1cc(C(=O)N2CC=C(c3cncnc3)CC2CO[Si](C)(C)C(C)(C)C)c(N)cc1OCc1ccccc1. The number of aromatic nitrogens is 2. The van der Waals surface area contributed by atoms with Gasteiger partial charge in [0.05, 0.1) is 25.3 Å². The first-order valence-electron chi connectivity index (χ1n) is 13.5. The Balaban J connectivity index is 1.60. The smallest absolute Gasteiger partial charge is 0.256 e. The summed E-state index contributed by atoms with van der Waals surface area (Å²) in [6.45, 7) is 12.3. The Morgan fingerprint density at radius 3 is 2.45 bits per heavy atom. The molecule has 2 aromatic carbocycles. The van der Waals surface area contributed by atoms with Crippen molar-refractivity contribution in [2.75, 3.05) is 26.0 Å². The summed E-state index contributed by atoms with van der Waals surface area (Å²) in [5.74, 6) is 0.772. The second kappa shape index (κ2) is 12.2. The Labute approximate surface area is 238 Å².